The molecule has 2 heteroatoms. The van der Waals surface area contributed by atoms with Gasteiger partial charge in [0.2, 0.25) is 0 Å². The van der Waals surface area contributed by atoms with Crippen molar-refractivity contribution in [1.82, 2.24) is 5.32 Å². The third-order valence-electron chi connectivity index (χ3n) is 1.94. The van der Waals surface area contributed by atoms with Crippen molar-refractivity contribution < 1.29 is 4.74 Å². The molecule has 1 aliphatic rings. The summed E-state index contributed by atoms with van der Waals surface area (Å²) in [6.45, 7) is 3.07. The van der Waals surface area contributed by atoms with Crippen LogP contribution in [0.4, 0.5) is 0 Å². The smallest absolute Gasteiger partial charge is 0.0760 e. The molecule has 0 saturated carbocycles. The molecule has 64 valence electrons. The summed E-state index contributed by atoms with van der Waals surface area (Å²) in [5.41, 5.74) is 0. The van der Waals surface area contributed by atoms with Gasteiger partial charge in [-0.15, -0.1) is 0 Å². The van der Waals surface area contributed by atoms with Crippen molar-refractivity contribution in [3.63, 3.8) is 0 Å². The van der Waals surface area contributed by atoms with Crippen LogP contribution in [0.15, 0.2) is 12.2 Å². The van der Waals surface area contributed by atoms with Gasteiger partial charge in [0.15, 0.2) is 0 Å². The molecule has 0 aromatic heterocycles. The zero-order chi connectivity index (χ0) is 8.10. The minimum Gasteiger partial charge on any atom is -0.371 e. The van der Waals surface area contributed by atoms with Crippen molar-refractivity contribution in [2.75, 3.05) is 13.6 Å². The SMILES string of the molecule is CNC/C=C/C1CCC(C)O1. The average Bonchev–Trinajstić information content (AvgIpc) is 2.37. The van der Waals surface area contributed by atoms with Gasteiger partial charge >= 0.3 is 0 Å². The summed E-state index contributed by atoms with van der Waals surface area (Å²) < 4.78 is 5.59. The standard InChI is InChI=1S/C9H17NO/c1-8-5-6-9(11-8)4-3-7-10-2/h3-4,8-10H,5-7H2,1-2H3/b4-3+. The molecule has 2 unspecified atom stereocenters. The van der Waals surface area contributed by atoms with Crippen LogP contribution >= 0.6 is 0 Å². The summed E-state index contributed by atoms with van der Waals surface area (Å²) in [5.74, 6) is 0. The van der Waals surface area contributed by atoms with Gasteiger partial charge in [0.25, 0.3) is 0 Å². The fourth-order valence-corrected chi connectivity index (χ4v) is 1.31. The van der Waals surface area contributed by atoms with Crippen LogP contribution in [-0.4, -0.2) is 25.8 Å². The number of hydrogen-bond donors (Lipinski definition) is 1. The third kappa shape index (κ3) is 3.04. The van der Waals surface area contributed by atoms with Gasteiger partial charge in [-0.25, -0.2) is 0 Å². The summed E-state index contributed by atoms with van der Waals surface area (Å²) in [7, 11) is 1.95. The van der Waals surface area contributed by atoms with Crippen molar-refractivity contribution >= 4 is 0 Å². The second-order valence-corrected chi connectivity index (χ2v) is 3.05. The Labute approximate surface area is 68.6 Å². The highest BCUT2D eigenvalue weighted by Gasteiger charge is 2.18. The highest BCUT2D eigenvalue weighted by molar-refractivity contribution is 4.93. The molecule has 1 saturated heterocycles. The van der Waals surface area contributed by atoms with Crippen LogP contribution < -0.4 is 5.32 Å². The molecular formula is C9H17NO. The molecule has 0 bridgehead atoms. The molecule has 0 aromatic carbocycles. The van der Waals surface area contributed by atoms with E-state index in [9.17, 15) is 0 Å². The Morgan fingerprint density at radius 3 is 2.91 bits per heavy atom. The monoisotopic (exact) mass is 155 g/mol. The molecule has 11 heavy (non-hydrogen) atoms. The lowest BCUT2D eigenvalue weighted by Crippen LogP contribution is -2.08. The highest BCUT2D eigenvalue weighted by atomic mass is 16.5. The molecule has 2 atom stereocenters. The Morgan fingerprint density at radius 1 is 1.55 bits per heavy atom. The molecule has 0 spiro atoms. The van der Waals surface area contributed by atoms with E-state index in [0.717, 1.165) is 6.54 Å². The average molecular weight is 155 g/mol. The van der Waals surface area contributed by atoms with E-state index in [4.69, 9.17) is 4.74 Å². The van der Waals surface area contributed by atoms with Crippen LogP contribution in [0.2, 0.25) is 0 Å². The summed E-state index contributed by atoms with van der Waals surface area (Å²) in [6, 6.07) is 0. The predicted octanol–water partition coefficient (Wildman–Crippen LogP) is 1.33. The molecule has 1 heterocycles. The van der Waals surface area contributed by atoms with Gasteiger partial charge in [-0.3, -0.25) is 0 Å². The van der Waals surface area contributed by atoms with Crippen LogP contribution in [0, 0.1) is 0 Å². The Bertz CT molecular complexity index is 134. The van der Waals surface area contributed by atoms with E-state index in [-0.39, 0.29) is 0 Å². The van der Waals surface area contributed by atoms with Crippen molar-refractivity contribution in [2.45, 2.75) is 32.0 Å². The van der Waals surface area contributed by atoms with E-state index in [1.807, 2.05) is 7.05 Å². The van der Waals surface area contributed by atoms with Gasteiger partial charge in [0, 0.05) is 6.54 Å². The number of rotatable bonds is 3. The number of hydrogen-bond acceptors (Lipinski definition) is 2. The Kier molecular flexibility index (Phi) is 3.60. The minimum atomic E-state index is 0.373. The summed E-state index contributed by atoms with van der Waals surface area (Å²) in [5, 5.41) is 3.06. The highest BCUT2D eigenvalue weighted by Crippen LogP contribution is 2.19. The summed E-state index contributed by atoms with van der Waals surface area (Å²) in [6.07, 6.45) is 7.50. The first kappa shape index (κ1) is 8.75. The molecular weight excluding hydrogens is 138 g/mol. The number of ether oxygens (including phenoxy) is 1. The molecule has 0 amide bonds. The molecule has 1 N–H and O–H groups in total. The van der Waals surface area contributed by atoms with E-state index in [1.165, 1.54) is 12.8 Å². The normalized spacial score (nSPS) is 31.8. The number of nitrogens with one attached hydrogen (secondary N) is 1. The summed E-state index contributed by atoms with van der Waals surface area (Å²) in [4.78, 5) is 0. The van der Waals surface area contributed by atoms with Crippen LogP contribution in [0.5, 0.6) is 0 Å². The molecule has 2 nitrogen and oxygen atoms in total. The zero-order valence-corrected chi connectivity index (χ0v) is 7.34. The predicted molar refractivity (Wildman–Crippen MR) is 46.6 cm³/mol. The Morgan fingerprint density at radius 2 is 2.36 bits per heavy atom. The van der Waals surface area contributed by atoms with Crippen molar-refractivity contribution in [3.05, 3.63) is 12.2 Å². The van der Waals surface area contributed by atoms with E-state index >= 15 is 0 Å². The molecule has 0 aromatic rings. The number of likely N-dealkylation sites (N-methyl/N-ethyl adjacent to an activating group) is 1. The first-order chi connectivity index (χ1) is 5.33. The Hall–Kier alpha value is -0.340. The second kappa shape index (κ2) is 4.52. The molecule has 0 aliphatic carbocycles. The maximum Gasteiger partial charge on any atom is 0.0760 e. The van der Waals surface area contributed by atoms with E-state index < -0.39 is 0 Å². The lowest BCUT2D eigenvalue weighted by Gasteiger charge is -2.04. The fraction of sp³-hybridized carbons (Fsp3) is 0.778. The van der Waals surface area contributed by atoms with Crippen LogP contribution in [0.1, 0.15) is 19.8 Å². The van der Waals surface area contributed by atoms with Gasteiger partial charge < -0.3 is 10.1 Å². The largest absolute Gasteiger partial charge is 0.371 e. The topological polar surface area (TPSA) is 21.3 Å². The van der Waals surface area contributed by atoms with Gasteiger partial charge in [-0.05, 0) is 26.8 Å². The van der Waals surface area contributed by atoms with Crippen molar-refractivity contribution in [3.8, 4) is 0 Å². The molecule has 1 fully saturated rings. The summed E-state index contributed by atoms with van der Waals surface area (Å²) >= 11 is 0. The van der Waals surface area contributed by atoms with Gasteiger partial charge in [-0.2, -0.15) is 0 Å². The minimum absolute atomic E-state index is 0.373. The van der Waals surface area contributed by atoms with Crippen LogP contribution in [-0.2, 0) is 4.74 Å². The van der Waals surface area contributed by atoms with Crippen LogP contribution in [0.3, 0.4) is 0 Å². The molecule has 1 aliphatic heterocycles. The lowest BCUT2D eigenvalue weighted by atomic mass is 10.2. The first-order valence-electron chi connectivity index (χ1n) is 4.29. The second-order valence-electron chi connectivity index (χ2n) is 3.05. The fourth-order valence-electron chi connectivity index (χ4n) is 1.31. The molecule has 0 radical (unpaired) electrons. The quantitative estimate of drug-likeness (QED) is 0.621. The lowest BCUT2D eigenvalue weighted by molar-refractivity contribution is 0.0832. The van der Waals surface area contributed by atoms with Gasteiger partial charge in [0.1, 0.15) is 0 Å². The van der Waals surface area contributed by atoms with E-state index in [1.54, 1.807) is 0 Å². The third-order valence-corrected chi connectivity index (χ3v) is 1.94. The first-order valence-corrected chi connectivity index (χ1v) is 4.29. The van der Waals surface area contributed by atoms with E-state index in [0.29, 0.717) is 12.2 Å². The van der Waals surface area contributed by atoms with Gasteiger partial charge in [-0.1, -0.05) is 12.2 Å². The van der Waals surface area contributed by atoms with Crippen molar-refractivity contribution in [1.29, 1.82) is 0 Å². The van der Waals surface area contributed by atoms with Crippen molar-refractivity contribution in [2.24, 2.45) is 0 Å². The Balaban J connectivity index is 2.17. The van der Waals surface area contributed by atoms with Crippen LogP contribution in [0.25, 0.3) is 0 Å². The zero-order valence-electron chi connectivity index (χ0n) is 7.34. The van der Waals surface area contributed by atoms with E-state index in [2.05, 4.69) is 24.4 Å². The van der Waals surface area contributed by atoms with Gasteiger partial charge in [0.05, 0.1) is 12.2 Å². The maximum atomic E-state index is 5.59. The molecule has 1 rings (SSSR count). The maximum absolute atomic E-state index is 5.59.